The van der Waals surface area contributed by atoms with Crippen molar-refractivity contribution in [1.29, 1.82) is 0 Å². The fraction of sp³-hybridized carbons (Fsp3) is 0. The van der Waals surface area contributed by atoms with Crippen LogP contribution in [0.3, 0.4) is 0 Å². The number of benzene rings is 9. The summed E-state index contributed by atoms with van der Waals surface area (Å²) in [4.78, 5) is 12.8. The highest BCUT2D eigenvalue weighted by atomic mass is 32.1. The minimum absolute atomic E-state index is 0.681. The van der Waals surface area contributed by atoms with E-state index in [9.17, 15) is 0 Å². The van der Waals surface area contributed by atoms with Crippen LogP contribution < -0.4 is 10.6 Å². The van der Waals surface area contributed by atoms with Crippen LogP contribution in [0, 0.1) is 0 Å². The zero-order valence-corrected chi connectivity index (χ0v) is 36.0. The lowest BCUT2D eigenvalue weighted by Gasteiger charge is -2.28. The van der Waals surface area contributed by atoms with E-state index in [1.807, 2.05) is 54.6 Å². The van der Waals surface area contributed by atoms with Crippen LogP contribution in [0.4, 0.5) is 17.1 Å². The first kappa shape index (κ1) is 38.2. The molecule has 7 heteroatoms. The van der Waals surface area contributed by atoms with Crippen molar-refractivity contribution in [1.82, 2.24) is 19.1 Å². The lowest BCUT2D eigenvalue weighted by molar-refractivity contribution is 1.10. The number of hydrogen-bond donors (Lipinski definition) is 1. The molecule has 12 rings (SSSR count). The maximum Gasteiger partial charge on any atom is 0.195 e. The molecule has 65 heavy (non-hydrogen) atoms. The summed E-state index contributed by atoms with van der Waals surface area (Å²) in [5, 5.41) is 3.33. The third kappa shape index (κ3) is 6.48. The van der Waals surface area contributed by atoms with Crippen LogP contribution in [-0.4, -0.2) is 19.1 Å². The van der Waals surface area contributed by atoms with Gasteiger partial charge in [-0.3, -0.25) is 9.13 Å². The summed E-state index contributed by atoms with van der Waals surface area (Å²) >= 11 is 1.73. The summed E-state index contributed by atoms with van der Waals surface area (Å²) in [6.45, 7) is 4.61. The fourth-order valence-electron chi connectivity index (χ4n) is 9.22. The standard InChI is InChI=1S/C58H40N6S/c1-38(62(43-16-4-2-5-17-43)53-26-14-10-22-49(53)59)39-28-30-40(31-29-39)45-36-37-46(56-55(45)61-58(65-56)64-51-24-12-8-20-47(51)48-21-9-13-25-52(48)64)41-32-34-42(35-33-41)57-60-50-23-11-15-27-54(50)63(57)44-18-6-3-7-19-44/h2-37H,1,59H2. The minimum Gasteiger partial charge on any atom is -0.397 e. The largest absolute Gasteiger partial charge is 0.397 e. The molecule has 0 spiro atoms. The highest BCUT2D eigenvalue weighted by Crippen LogP contribution is 2.44. The van der Waals surface area contributed by atoms with E-state index in [0.29, 0.717) is 5.69 Å². The fourth-order valence-corrected chi connectivity index (χ4v) is 10.4. The van der Waals surface area contributed by atoms with E-state index in [1.165, 1.54) is 10.8 Å². The number of fused-ring (bicyclic) bond motifs is 5. The summed E-state index contributed by atoms with van der Waals surface area (Å²) in [6, 6.07) is 76.1. The quantitative estimate of drug-likeness (QED) is 0.147. The molecular weight excluding hydrogens is 813 g/mol. The number of para-hydroxylation sites is 8. The molecule has 0 saturated heterocycles. The van der Waals surface area contributed by atoms with Gasteiger partial charge in [-0.1, -0.05) is 176 Å². The molecule has 0 bridgehead atoms. The number of nitrogen functional groups attached to an aromatic ring is 1. The predicted molar refractivity (Wildman–Crippen MR) is 273 cm³/mol. The molecule has 0 aliphatic rings. The van der Waals surface area contributed by atoms with Crippen molar-refractivity contribution in [2.45, 2.75) is 0 Å². The van der Waals surface area contributed by atoms with E-state index >= 15 is 0 Å². The van der Waals surface area contributed by atoms with Crippen LogP contribution in [0.15, 0.2) is 225 Å². The molecule has 0 saturated carbocycles. The summed E-state index contributed by atoms with van der Waals surface area (Å²) in [7, 11) is 0. The average molecular weight is 853 g/mol. The molecule has 6 nitrogen and oxygen atoms in total. The smallest absolute Gasteiger partial charge is 0.195 e. The molecule has 0 radical (unpaired) electrons. The van der Waals surface area contributed by atoms with Gasteiger partial charge in [0.2, 0.25) is 0 Å². The Morgan fingerprint density at radius 3 is 1.75 bits per heavy atom. The van der Waals surface area contributed by atoms with Crippen molar-refractivity contribution < 1.29 is 0 Å². The van der Waals surface area contributed by atoms with Gasteiger partial charge in [0.1, 0.15) is 5.82 Å². The van der Waals surface area contributed by atoms with Gasteiger partial charge in [-0.2, -0.15) is 0 Å². The number of imidazole rings is 1. The number of rotatable bonds is 9. The molecule has 0 aliphatic carbocycles. The van der Waals surface area contributed by atoms with Crippen LogP contribution in [0.25, 0.3) is 93.2 Å². The van der Waals surface area contributed by atoms with Gasteiger partial charge in [0, 0.05) is 44.5 Å². The lowest BCUT2D eigenvalue weighted by atomic mass is 9.97. The molecule has 0 atom stereocenters. The third-order valence-electron chi connectivity index (χ3n) is 12.3. The van der Waals surface area contributed by atoms with E-state index in [4.69, 9.17) is 15.7 Å². The SMILES string of the molecule is C=C(c1ccc(-c2ccc(-c3ccc(-c4nc5ccccc5n4-c4ccccc4)cc3)c3sc(-n4c5ccccc5c5ccccc54)nc23)cc1)N(c1ccccc1)c1ccccc1N. The number of thiazole rings is 1. The second-order valence-corrected chi connectivity index (χ2v) is 17.1. The Morgan fingerprint density at radius 2 is 1.05 bits per heavy atom. The molecule has 0 amide bonds. The molecule has 2 N–H and O–H groups in total. The topological polar surface area (TPSA) is 64.9 Å². The Balaban J connectivity index is 0.987. The van der Waals surface area contributed by atoms with E-state index in [2.05, 4.69) is 184 Å². The summed E-state index contributed by atoms with van der Waals surface area (Å²) in [6.07, 6.45) is 0. The van der Waals surface area contributed by atoms with Gasteiger partial charge in [-0.05, 0) is 77.4 Å². The first-order valence-electron chi connectivity index (χ1n) is 21.6. The molecule has 0 aliphatic heterocycles. The molecule has 9 aromatic carbocycles. The number of nitrogens with two attached hydrogens (primary N) is 1. The maximum atomic E-state index is 6.56. The van der Waals surface area contributed by atoms with Gasteiger partial charge in [-0.25, -0.2) is 9.97 Å². The highest BCUT2D eigenvalue weighted by Gasteiger charge is 2.22. The Labute approximate surface area is 380 Å². The number of anilines is 3. The molecule has 0 fully saturated rings. The maximum absolute atomic E-state index is 6.56. The average Bonchev–Trinajstić information content (AvgIpc) is 4.08. The van der Waals surface area contributed by atoms with E-state index in [1.54, 1.807) is 11.3 Å². The second kappa shape index (κ2) is 15.7. The summed E-state index contributed by atoms with van der Waals surface area (Å²) < 4.78 is 5.68. The van der Waals surface area contributed by atoms with Crippen LogP contribution >= 0.6 is 11.3 Å². The third-order valence-corrected chi connectivity index (χ3v) is 13.4. The number of aromatic nitrogens is 4. The number of nitrogens with zero attached hydrogens (tertiary/aromatic N) is 5. The molecule has 12 aromatic rings. The van der Waals surface area contributed by atoms with Crippen molar-refractivity contribution in [2.24, 2.45) is 0 Å². The molecule has 3 aromatic heterocycles. The molecule has 0 unspecified atom stereocenters. The van der Waals surface area contributed by atoms with Crippen molar-refractivity contribution in [3.05, 3.63) is 231 Å². The lowest BCUT2D eigenvalue weighted by Crippen LogP contribution is -2.16. The van der Waals surface area contributed by atoms with Gasteiger partial charge >= 0.3 is 0 Å². The molecule has 3 heterocycles. The summed E-state index contributed by atoms with van der Waals surface area (Å²) in [5.41, 5.74) is 22.6. The predicted octanol–water partition coefficient (Wildman–Crippen LogP) is 15.1. The summed E-state index contributed by atoms with van der Waals surface area (Å²) in [5.74, 6) is 0.904. The zero-order valence-electron chi connectivity index (χ0n) is 35.2. The Morgan fingerprint density at radius 1 is 0.492 bits per heavy atom. The first-order chi connectivity index (χ1) is 32.1. The van der Waals surface area contributed by atoms with E-state index in [0.717, 1.165) is 99.4 Å². The monoisotopic (exact) mass is 852 g/mol. The van der Waals surface area contributed by atoms with Crippen molar-refractivity contribution in [3.63, 3.8) is 0 Å². The normalized spacial score (nSPS) is 11.5. The minimum atomic E-state index is 0.681. The van der Waals surface area contributed by atoms with Gasteiger partial charge in [0.05, 0.1) is 43.7 Å². The first-order valence-corrected chi connectivity index (χ1v) is 22.5. The Hall–Kier alpha value is -8.52. The van der Waals surface area contributed by atoms with Gasteiger partial charge in [0.25, 0.3) is 0 Å². The van der Waals surface area contributed by atoms with Gasteiger partial charge in [-0.15, -0.1) is 0 Å². The second-order valence-electron chi connectivity index (χ2n) is 16.1. The molecule has 308 valence electrons. The Bertz CT molecular complexity index is 3680. The van der Waals surface area contributed by atoms with Crippen molar-refractivity contribution in [3.8, 4) is 44.5 Å². The zero-order chi connectivity index (χ0) is 43.4. The van der Waals surface area contributed by atoms with Crippen molar-refractivity contribution >= 4 is 77.2 Å². The Kier molecular flexibility index (Phi) is 9.21. The van der Waals surface area contributed by atoms with E-state index in [-0.39, 0.29) is 0 Å². The van der Waals surface area contributed by atoms with Crippen molar-refractivity contribution in [2.75, 3.05) is 10.6 Å². The molecular formula is C58H40N6S. The van der Waals surface area contributed by atoms with Crippen LogP contribution in [-0.2, 0) is 0 Å². The van der Waals surface area contributed by atoms with Crippen LogP contribution in [0.1, 0.15) is 5.56 Å². The van der Waals surface area contributed by atoms with Gasteiger partial charge in [0.15, 0.2) is 5.13 Å². The number of hydrogen-bond acceptors (Lipinski definition) is 5. The van der Waals surface area contributed by atoms with Crippen LogP contribution in [0.2, 0.25) is 0 Å². The van der Waals surface area contributed by atoms with E-state index < -0.39 is 0 Å². The van der Waals surface area contributed by atoms with Gasteiger partial charge < -0.3 is 10.6 Å². The van der Waals surface area contributed by atoms with Crippen LogP contribution in [0.5, 0.6) is 0 Å². The highest BCUT2D eigenvalue weighted by molar-refractivity contribution is 7.21.